The molecule has 2 amide bonds. The van der Waals surface area contributed by atoms with E-state index in [1.165, 1.54) is 5.56 Å². The summed E-state index contributed by atoms with van der Waals surface area (Å²) in [5.74, 6) is 0.323. The molecule has 0 unspecified atom stereocenters. The van der Waals surface area contributed by atoms with Crippen LogP contribution in [0.2, 0.25) is 0 Å². The predicted molar refractivity (Wildman–Crippen MR) is 95.8 cm³/mol. The van der Waals surface area contributed by atoms with Crippen molar-refractivity contribution in [3.8, 4) is 0 Å². The average molecular weight is 331 g/mol. The lowest BCUT2D eigenvalue weighted by molar-refractivity contribution is -0.135. The molecule has 0 atom stereocenters. The fourth-order valence-electron chi connectivity index (χ4n) is 2.93. The van der Waals surface area contributed by atoms with Crippen LogP contribution >= 0.6 is 0 Å². The van der Waals surface area contributed by atoms with Crippen LogP contribution < -0.4 is 5.32 Å². The molecule has 1 aliphatic rings. The lowest BCUT2D eigenvalue weighted by Crippen LogP contribution is -2.44. The van der Waals surface area contributed by atoms with Gasteiger partial charge in [-0.15, -0.1) is 0 Å². The summed E-state index contributed by atoms with van der Waals surface area (Å²) in [7, 11) is 3.98. The molecule has 0 saturated carbocycles. The van der Waals surface area contributed by atoms with E-state index in [1.54, 1.807) is 0 Å². The van der Waals surface area contributed by atoms with Gasteiger partial charge < -0.3 is 15.1 Å². The first-order valence-corrected chi connectivity index (χ1v) is 8.71. The number of hydrogen-bond donors (Lipinski definition) is 1. The molecule has 5 heteroatoms. The first-order valence-electron chi connectivity index (χ1n) is 8.71. The number of amides is 2. The Hall–Kier alpha value is -1.88. The highest BCUT2D eigenvalue weighted by atomic mass is 16.2. The van der Waals surface area contributed by atoms with E-state index < -0.39 is 0 Å². The van der Waals surface area contributed by atoms with Gasteiger partial charge in [-0.1, -0.05) is 29.8 Å². The van der Waals surface area contributed by atoms with Crippen molar-refractivity contribution in [1.29, 1.82) is 0 Å². The monoisotopic (exact) mass is 331 g/mol. The van der Waals surface area contributed by atoms with Crippen LogP contribution in [0.1, 0.15) is 24.0 Å². The zero-order chi connectivity index (χ0) is 17.5. The Balaban J connectivity index is 1.74. The van der Waals surface area contributed by atoms with E-state index in [4.69, 9.17) is 0 Å². The van der Waals surface area contributed by atoms with Crippen molar-refractivity contribution >= 4 is 11.8 Å². The van der Waals surface area contributed by atoms with Gasteiger partial charge in [-0.2, -0.15) is 0 Å². The second-order valence-corrected chi connectivity index (χ2v) is 6.91. The maximum absolute atomic E-state index is 12.4. The minimum atomic E-state index is 0.0376. The maximum Gasteiger partial charge on any atom is 0.226 e. The highest BCUT2D eigenvalue weighted by molar-refractivity contribution is 5.81. The molecule has 1 fully saturated rings. The summed E-state index contributed by atoms with van der Waals surface area (Å²) < 4.78 is 0. The van der Waals surface area contributed by atoms with Crippen LogP contribution in [0.15, 0.2) is 24.3 Å². The molecular weight excluding hydrogens is 302 g/mol. The predicted octanol–water partition coefficient (Wildman–Crippen LogP) is 1.45. The van der Waals surface area contributed by atoms with Crippen LogP contribution in [0.3, 0.4) is 0 Å². The normalized spacial score (nSPS) is 15.6. The van der Waals surface area contributed by atoms with E-state index in [1.807, 2.05) is 55.1 Å². The number of likely N-dealkylation sites (tertiary alicyclic amines) is 1. The number of likely N-dealkylation sites (N-methyl/N-ethyl adjacent to an activating group) is 1. The van der Waals surface area contributed by atoms with Crippen LogP contribution in [0, 0.1) is 12.8 Å². The van der Waals surface area contributed by atoms with Gasteiger partial charge in [-0.25, -0.2) is 0 Å². The highest BCUT2D eigenvalue weighted by Crippen LogP contribution is 2.18. The Morgan fingerprint density at radius 1 is 1.17 bits per heavy atom. The standard InChI is InChI=1S/C19H29N3O2/c1-15-4-6-16(7-5-15)14-18(23)22-11-8-17(9-12-22)19(24)20-10-13-21(2)3/h4-7,17H,8-14H2,1-3H3,(H,20,24). The minimum Gasteiger partial charge on any atom is -0.355 e. The summed E-state index contributed by atoms with van der Waals surface area (Å²) >= 11 is 0. The van der Waals surface area contributed by atoms with E-state index >= 15 is 0 Å². The highest BCUT2D eigenvalue weighted by Gasteiger charge is 2.27. The zero-order valence-electron chi connectivity index (χ0n) is 15.0. The summed E-state index contributed by atoms with van der Waals surface area (Å²) in [5.41, 5.74) is 2.25. The second kappa shape index (κ2) is 8.83. The molecule has 132 valence electrons. The van der Waals surface area contributed by atoms with Crippen LogP contribution in [0.5, 0.6) is 0 Å². The Kier molecular flexibility index (Phi) is 6.79. The third kappa shape index (κ3) is 5.64. The van der Waals surface area contributed by atoms with Crippen LogP contribution in [0.25, 0.3) is 0 Å². The van der Waals surface area contributed by atoms with E-state index in [-0.39, 0.29) is 17.7 Å². The van der Waals surface area contributed by atoms with Crippen LogP contribution in [-0.4, -0.2) is 61.9 Å². The zero-order valence-corrected chi connectivity index (χ0v) is 15.0. The molecule has 24 heavy (non-hydrogen) atoms. The molecule has 0 radical (unpaired) electrons. The van der Waals surface area contributed by atoms with Gasteiger partial charge >= 0.3 is 0 Å². The molecule has 1 aromatic rings. The van der Waals surface area contributed by atoms with Crippen molar-refractivity contribution in [2.75, 3.05) is 40.3 Å². The summed E-state index contributed by atoms with van der Waals surface area (Å²) in [6.07, 6.45) is 1.96. The second-order valence-electron chi connectivity index (χ2n) is 6.91. The fraction of sp³-hybridized carbons (Fsp3) is 0.579. The number of aryl methyl sites for hydroxylation is 1. The first-order chi connectivity index (χ1) is 11.5. The molecular formula is C19H29N3O2. The third-order valence-corrected chi connectivity index (χ3v) is 4.55. The van der Waals surface area contributed by atoms with Crippen molar-refractivity contribution < 1.29 is 9.59 Å². The summed E-state index contributed by atoms with van der Waals surface area (Å²) in [6.45, 7) is 4.92. The van der Waals surface area contributed by atoms with Gasteiger partial charge in [-0.3, -0.25) is 9.59 Å². The Morgan fingerprint density at radius 3 is 2.38 bits per heavy atom. The molecule has 2 rings (SSSR count). The number of piperidine rings is 1. The molecule has 1 aliphatic heterocycles. The first kappa shape index (κ1) is 18.5. The van der Waals surface area contributed by atoms with Crippen molar-refractivity contribution in [1.82, 2.24) is 15.1 Å². The number of hydrogen-bond acceptors (Lipinski definition) is 3. The molecule has 0 aliphatic carbocycles. The SMILES string of the molecule is Cc1ccc(CC(=O)N2CCC(C(=O)NCCN(C)C)CC2)cc1. The van der Waals surface area contributed by atoms with Gasteiger partial charge in [0.05, 0.1) is 6.42 Å². The van der Waals surface area contributed by atoms with Crippen molar-refractivity contribution in [3.63, 3.8) is 0 Å². The Morgan fingerprint density at radius 2 is 1.79 bits per heavy atom. The van der Waals surface area contributed by atoms with E-state index in [0.717, 1.165) is 24.9 Å². The molecule has 5 nitrogen and oxygen atoms in total. The smallest absolute Gasteiger partial charge is 0.226 e. The maximum atomic E-state index is 12.4. The van der Waals surface area contributed by atoms with Gasteiger partial charge in [0.15, 0.2) is 0 Å². The molecule has 1 saturated heterocycles. The van der Waals surface area contributed by atoms with E-state index in [9.17, 15) is 9.59 Å². The fourth-order valence-corrected chi connectivity index (χ4v) is 2.93. The topological polar surface area (TPSA) is 52.7 Å². The molecule has 0 aromatic heterocycles. The largest absolute Gasteiger partial charge is 0.355 e. The molecule has 0 bridgehead atoms. The minimum absolute atomic E-state index is 0.0376. The quantitative estimate of drug-likeness (QED) is 0.858. The number of nitrogens with one attached hydrogen (secondary N) is 1. The van der Waals surface area contributed by atoms with E-state index in [0.29, 0.717) is 26.1 Å². The van der Waals surface area contributed by atoms with Gasteiger partial charge in [0.1, 0.15) is 0 Å². The average Bonchev–Trinajstić information content (AvgIpc) is 2.56. The molecule has 1 N–H and O–H groups in total. The summed E-state index contributed by atoms with van der Waals surface area (Å²) in [6, 6.07) is 8.09. The van der Waals surface area contributed by atoms with Gasteiger partial charge in [0.2, 0.25) is 11.8 Å². The molecule has 0 spiro atoms. The number of benzene rings is 1. The summed E-state index contributed by atoms with van der Waals surface area (Å²) in [4.78, 5) is 28.5. The van der Waals surface area contributed by atoms with Crippen LogP contribution in [-0.2, 0) is 16.0 Å². The van der Waals surface area contributed by atoms with E-state index in [2.05, 4.69) is 5.32 Å². The Bertz CT molecular complexity index is 546. The third-order valence-electron chi connectivity index (χ3n) is 4.55. The van der Waals surface area contributed by atoms with Crippen molar-refractivity contribution in [2.45, 2.75) is 26.2 Å². The lowest BCUT2D eigenvalue weighted by atomic mass is 9.95. The number of carbonyl (C=O) groups is 2. The lowest BCUT2D eigenvalue weighted by Gasteiger charge is -2.31. The molecule has 1 heterocycles. The van der Waals surface area contributed by atoms with Crippen LogP contribution in [0.4, 0.5) is 0 Å². The van der Waals surface area contributed by atoms with Gasteiger partial charge in [0.25, 0.3) is 0 Å². The number of rotatable bonds is 6. The summed E-state index contributed by atoms with van der Waals surface area (Å²) in [5, 5.41) is 2.99. The Labute approximate surface area is 145 Å². The number of carbonyl (C=O) groups excluding carboxylic acids is 2. The number of nitrogens with zero attached hydrogens (tertiary/aromatic N) is 2. The molecule has 1 aromatic carbocycles. The van der Waals surface area contributed by atoms with Crippen molar-refractivity contribution in [3.05, 3.63) is 35.4 Å². The van der Waals surface area contributed by atoms with Gasteiger partial charge in [-0.05, 0) is 39.4 Å². The van der Waals surface area contributed by atoms with Crippen molar-refractivity contribution in [2.24, 2.45) is 5.92 Å². The van der Waals surface area contributed by atoms with Gasteiger partial charge in [0, 0.05) is 32.1 Å².